The molecule has 1 fully saturated rings. The lowest BCUT2D eigenvalue weighted by molar-refractivity contribution is -0.151. The van der Waals surface area contributed by atoms with Crippen LogP contribution in [0.15, 0.2) is 41.6 Å². The molecular weight excluding hydrogens is 300 g/mol. The molecule has 0 aromatic heterocycles. The van der Waals surface area contributed by atoms with Gasteiger partial charge in [-0.05, 0) is 31.2 Å². The fraction of sp³-hybridized carbons (Fsp3) is 0.375. The van der Waals surface area contributed by atoms with Gasteiger partial charge in [0.05, 0.1) is 0 Å². The Kier molecular flexibility index (Phi) is 5.26. The highest BCUT2D eigenvalue weighted by Gasteiger charge is 2.48. The Bertz CT molecular complexity index is 597. The number of nitrogens with zero attached hydrogens (tertiary/aromatic N) is 1. The molecule has 22 heavy (non-hydrogen) atoms. The molecule has 1 aliphatic heterocycles. The number of likely N-dealkylation sites (tertiary alicyclic amines) is 1. The Morgan fingerprint density at radius 2 is 1.95 bits per heavy atom. The predicted octanol–water partition coefficient (Wildman–Crippen LogP) is 1.88. The van der Waals surface area contributed by atoms with Gasteiger partial charge in [-0.2, -0.15) is 0 Å². The monoisotopic (exact) mass is 320 g/mol. The minimum atomic E-state index is -0.564. The molecule has 1 heterocycles. The molecule has 5 nitrogen and oxygen atoms in total. The van der Waals surface area contributed by atoms with Crippen molar-refractivity contribution in [2.45, 2.75) is 31.9 Å². The minimum Gasteiger partial charge on any atom is -0.456 e. The predicted molar refractivity (Wildman–Crippen MR) is 86.7 cm³/mol. The summed E-state index contributed by atoms with van der Waals surface area (Å²) in [4.78, 5) is 25.8. The number of carbonyl (C=O) groups excluding carboxylic acids is 2. The van der Waals surface area contributed by atoms with Gasteiger partial charge in [-0.3, -0.25) is 9.69 Å². The summed E-state index contributed by atoms with van der Waals surface area (Å²) in [5.74, 6) is -0.740. The standard InChI is InChI=1S/C16H20N2O3S/c1-10(2)13(18-14(19)12(17)15(18)22-3)16(20)21-9-11-7-5-4-6-8-11/h4-8,12,15H,9,17H2,1-3H3/t12-,15-/m0/s1. The van der Waals surface area contributed by atoms with E-state index in [1.807, 2.05) is 36.6 Å². The molecule has 0 saturated carbocycles. The normalized spacial score (nSPS) is 20.4. The fourth-order valence-electron chi connectivity index (χ4n) is 2.31. The molecule has 118 valence electrons. The Labute approximate surface area is 134 Å². The zero-order chi connectivity index (χ0) is 16.3. The van der Waals surface area contributed by atoms with Crippen LogP contribution in [-0.4, -0.2) is 34.4 Å². The molecule has 0 spiro atoms. The first kappa shape index (κ1) is 16.6. The van der Waals surface area contributed by atoms with E-state index in [9.17, 15) is 9.59 Å². The minimum absolute atomic E-state index is 0.175. The number of β-lactam (4-membered cyclic amide) rings is 1. The highest BCUT2D eigenvalue weighted by Crippen LogP contribution is 2.32. The van der Waals surface area contributed by atoms with Gasteiger partial charge in [0.15, 0.2) is 0 Å². The van der Waals surface area contributed by atoms with E-state index in [2.05, 4.69) is 0 Å². The van der Waals surface area contributed by atoms with Crippen LogP contribution in [0.1, 0.15) is 19.4 Å². The van der Waals surface area contributed by atoms with Crippen LogP contribution in [0.3, 0.4) is 0 Å². The summed E-state index contributed by atoms with van der Waals surface area (Å²) < 4.78 is 5.34. The van der Waals surface area contributed by atoms with E-state index in [1.165, 1.54) is 16.7 Å². The lowest BCUT2D eigenvalue weighted by Gasteiger charge is -2.44. The lowest BCUT2D eigenvalue weighted by Crippen LogP contribution is -2.67. The fourth-order valence-corrected chi connectivity index (χ4v) is 3.14. The van der Waals surface area contributed by atoms with Crippen LogP contribution in [0.4, 0.5) is 0 Å². The van der Waals surface area contributed by atoms with Gasteiger partial charge in [0, 0.05) is 0 Å². The van der Waals surface area contributed by atoms with E-state index < -0.39 is 12.0 Å². The molecule has 2 atom stereocenters. The number of allylic oxidation sites excluding steroid dienone is 1. The van der Waals surface area contributed by atoms with Crippen LogP contribution in [0.5, 0.6) is 0 Å². The molecule has 0 bridgehead atoms. The van der Waals surface area contributed by atoms with Crippen LogP contribution >= 0.6 is 11.8 Å². The average Bonchev–Trinajstić information content (AvgIpc) is 2.52. The van der Waals surface area contributed by atoms with Crippen LogP contribution < -0.4 is 5.73 Å². The van der Waals surface area contributed by atoms with Crippen molar-refractivity contribution in [3.05, 3.63) is 47.2 Å². The Morgan fingerprint density at radius 1 is 1.32 bits per heavy atom. The van der Waals surface area contributed by atoms with Gasteiger partial charge in [0.1, 0.15) is 23.7 Å². The molecule has 0 radical (unpaired) electrons. The van der Waals surface area contributed by atoms with Gasteiger partial charge >= 0.3 is 5.97 Å². The molecule has 2 rings (SSSR count). The van der Waals surface area contributed by atoms with Crippen molar-refractivity contribution in [2.24, 2.45) is 5.73 Å². The van der Waals surface area contributed by atoms with Crippen molar-refractivity contribution in [2.75, 3.05) is 6.26 Å². The third-order valence-corrected chi connectivity index (χ3v) is 4.43. The van der Waals surface area contributed by atoms with Crippen LogP contribution in [0.25, 0.3) is 0 Å². The molecule has 2 N–H and O–H groups in total. The van der Waals surface area contributed by atoms with Crippen LogP contribution in [0, 0.1) is 0 Å². The van der Waals surface area contributed by atoms with Gasteiger partial charge in [0.25, 0.3) is 0 Å². The van der Waals surface area contributed by atoms with Gasteiger partial charge in [0.2, 0.25) is 5.91 Å². The van der Waals surface area contributed by atoms with Crippen molar-refractivity contribution in [1.82, 2.24) is 4.90 Å². The van der Waals surface area contributed by atoms with E-state index >= 15 is 0 Å². The number of amides is 1. The molecule has 1 aromatic carbocycles. The first-order valence-corrected chi connectivity index (χ1v) is 8.26. The third kappa shape index (κ3) is 3.18. The largest absolute Gasteiger partial charge is 0.456 e. The first-order valence-electron chi connectivity index (χ1n) is 6.97. The van der Waals surface area contributed by atoms with E-state index in [0.29, 0.717) is 5.70 Å². The average molecular weight is 320 g/mol. The van der Waals surface area contributed by atoms with Crippen molar-refractivity contribution in [1.29, 1.82) is 0 Å². The summed E-state index contributed by atoms with van der Waals surface area (Å²) in [5, 5.41) is -0.221. The Hall–Kier alpha value is -1.79. The van der Waals surface area contributed by atoms with Gasteiger partial charge < -0.3 is 10.5 Å². The highest BCUT2D eigenvalue weighted by atomic mass is 32.2. The molecule has 1 amide bonds. The summed E-state index contributed by atoms with van der Waals surface area (Å²) in [7, 11) is 0. The topological polar surface area (TPSA) is 72.6 Å². The van der Waals surface area contributed by atoms with Gasteiger partial charge in [-0.15, -0.1) is 11.8 Å². The molecule has 1 saturated heterocycles. The quantitative estimate of drug-likeness (QED) is 0.509. The molecule has 1 aromatic rings. The maximum atomic E-state index is 12.4. The summed E-state index contributed by atoms with van der Waals surface area (Å²) in [6, 6.07) is 8.86. The number of carbonyl (C=O) groups is 2. The number of rotatable bonds is 5. The number of nitrogens with two attached hydrogens (primary N) is 1. The second-order valence-electron chi connectivity index (χ2n) is 5.27. The van der Waals surface area contributed by atoms with Crippen molar-refractivity contribution in [3.63, 3.8) is 0 Å². The zero-order valence-electron chi connectivity index (χ0n) is 12.9. The van der Waals surface area contributed by atoms with Crippen molar-refractivity contribution < 1.29 is 14.3 Å². The number of thioether (sulfide) groups is 1. The molecule has 6 heteroatoms. The number of hydrogen-bond acceptors (Lipinski definition) is 5. The van der Waals surface area contributed by atoms with Crippen LogP contribution in [-0.2, 0) is 20.9 Å². The second-order valence-corrected chi connectivity index (χ2v) is 6.23. The second kappa shape index (κ2) is 6.98. The van der Waals surface area contributed by atoms with E-state index in [4.69, 9.17) is 10.5 Å². The molecule has 0 aliphatic carbocycles. The Balaban J connectivity index is 2.11. The smallest absolute Gasteiger partial charge is 0.355 e. The van der Waals surface area contributed by atoms with Crippen LogP contribution in [0.2, 0.25) is 0 Å². The summed E-state index contributed by atoms with van der Waals surface area (Å²) in [5.41, 5.74) is 7.71. The molecular formula is C16H20N2O3S. The summed E-state index contributed by atoms with van der Waals surface area (Å²) in [6.45, 7) is 3.75. The molecule has 0 unspecified atom stereocenters. The first-order chi connectivity index (χ1) is 10.5. The highest BCUT2D eigenvalue weighted by molar-refractivity contribution is 7.99. The van der Waals surface area contributed by atoms with Gasteiger partial charge in [-0.25, -0.2) is 4.79 Å². The van der Waals surface area contributed by atoms with E-state index in [1.54, 1.807) is 13.8 Å². The zero-order valence-corrected chi connectivity index (χ0v) is 13.7. The number of benzene rings is 1. The SMILES string of the molecule is CS[C@H]1[C@@H](N)C(=O)N1C(C(=O)OCc1ccccc1)=C(C)C. The van der Waals surface area contributed by atoms with Crippen molar-refractivity contribution in [3.8, 4) is 0 Å². The maximum absolute atomic E-state index is 12.4. The van der Waals surface area contributed by atoms with Crippen molar-refractivity contribution >= 4 is 23.6 Å². The van der Waals surface area contributed by atoms with E-state index in [0.717, 1.165) is 11.1 Å². The Morgan fingerprint density at radius 3 is 2.50 bits per heavy atom. The number of hydrogen-bond donors (Lipinski definition) is 1. The summed E-state index contributed by atoms with van der Waals surface area (Å²) >= 11 is 1.45. The maximum Gasteiger partial charge on any atom is 0.355 e. The molecule has 1 aliphatic rings. The lowest BCUT2D eigenvalue weighted by atomic mass is 10.1. The third-order valence-electron chi connectivity index (χ3n) is 3.45. The number of esters is 1. The summed E-state index contributed by atoms with van der Waals surface area (Å²) in [6.07, 6.45) is 1.86. The van der Waals surface area contributed by atoms with Gasteiger partial charge in [-0.1, -0.05) is 30.3 Å². The number of ether oxygens (including phenoxy) is 1. The van der Waals surface area contributed by atoms with E-state index in [-0.39, 0.29) is 17.9 Å².